The first kappa shape index (κ1) is 27.2. The fourth-order valence-electron chi connectivity index (χ4n) is 5.54. The number of anilines is 1. The second-order valence-corrected chi connectivity index (χ2v) is 10.0. The smallest absolute Gasteiger partial charge is 0.265 e. The van der Waals surface area contributed by atoms with Gasteiger partial charge in [-0.2, -0.15) is 0 Å². The molecule has 2 aliphatic rings. The van der Waals surface area contributed by atoms with Crippen LogP contribution in [0.15, 0.2) is 70.8 Å². The van der Waals surface area contributed by atoms with Gasteiger partial charge < -0.3 is 24.4 Å². The molecule has 208 valence electrons. The molecule has 0 bridgehead atoms. The monoisotopic (exact) mass is 541 g/mol. The highest BCUT2D eigenvalue weighted by molar-refractivity contribution is 6.15. The average molecular weight is 542 g/mol. The largest absolute Gasteiger partial charge is 0.495 e. The molecule has 0 radical (unpaired) electrons. The van der Waals surface area contributed by atoms with E-state index in [4.69, 9.17) is 24.0 Å². The standard InChI is InChI=1S/C32H35N3O5/c1-20(35-40-19-31(36)33-27-11-7-8-12-28(27)37-2)21-13-15-22(16-14-21)32-25-18-30(39-4)29(38-3)17-24(25)23-9-5-6-10-26(23)34-32/h7-8,11-18,23,26H,5-6,9-10,19H2,1-4H3,(H,33,36)/t23-,26-/m1/s1. The van der Waals surface area contributed by atoms with E-state index in [1.165, 1.54) is 18.4 Å². The van der Waals surface area contributed by atoms with Crippen LogP contribution in [-0.2, 0) is 9.63 Å². The summed E-state index contributed by atoms with van der Waals surface area (Å²) in [6, 6.07) is 19.8. The number of hydrogen-bond acceptors (Lipinski definition) is 7. The third kappa shape index (κ3) is 5.66. The molecule has 1 saturated carbocycles. The fourth-order valence-corrected chi connectivity index (χ4v) is 5.54. The normalized spacial score (nSPS) is 18.1. The molecule has 5 rings (SSSR count). The van der Waals surface area contributed by atoms with Crippen LogP contribution in [0.3, 0.4) is 0 Å². The Morgan fingerprint density at radius 1 is 0.925 bits per heavy atom. The number of nitrogens with one attached hydrogen (secondary N) is 1. The molecule has 40 heavy (non-hydrogen) atoms. The molecular weight excluding hydrogens is 506 g/mol. The molecule has 0 unspecified atom stereocenters. The summed E-state index contributed by atoms with van der Waals surface area (Å²) in [6.07, 6.45) is 4.65. The molecule has 8 nitrogen and oxygen atoms in total. The lowest BCUT2D eigenvalue weighted by molar-refractivity contribution is -0.120. The maximum absolute atomic E-state index is 12.3. The van der Waals surface area contributed by atoms with E-state index in [1.807, 2.05) is 31.2 Å². The lowest BCUT2D eigenvalue weighted by Crippen LogP contribution is -2.29. The first-order valence-electron chi connectivity index (χ1n) is 13.6. The highest BCUT2D eigenvalue weighted by Crippen LogP contribution is 2.44. The summed E-state index contributed by atoms with van der Waals surface area (Å²) in [5, 5.41) is 6.93. The van der Waals surface area contributed by atoms with Crippen LogP contribution in [0.2, 0.25) is 0 Å². The average Bonchev–Trinajstić information content (AvgIpc) is 3.00. The second kappa shape index (κ2) is 12.2. The predicted octanol–water partition coefficient (Wildman–Crippen LogP) is 5.97. The van der Waals surface area contributed by atoms with Gasteiger partial charge in [-0.25, -0.2) is 0 Å². The topological polar surface area (TPSA) is 90.7 Å². The van der Waals surface area contributed by atoms with Crippen molar-refractivity contribution in [1.29, 1.82) is 0 Å². The predicted molar refractivity (Wildman–Crippen MR) is 156 cm³/mol. The summed E-state index contributed by atoms with van der Waals surface area (Å²) in [7, 11) is 4.90. The van der Waals surface area contributed by atoms with Gasteiger partial charge in [-0.3, -0.25) is 9.79 Å². The zero-order valence-electron chi connectivity index (χ0n) is 23.4. The zero-order valence-corrected chi connectivity index (χ0v) is 23.4. The molecule has 1 N–H and O–H groups in total. The van der Waals surface area contributed by atoms with Crippen molar-refractivity contribution >= 4 is 23.0 Å². The molecule has 1 aliphatic heterocycles. The first-order chi connectivity index (χ1) is 19.5. The van der Waals surface area contributed by atoms with Crippen molar-refractivity contribution in [2.24, 2.45) is 10.1 Å². The van der Waals surface area contributed by atoms with E-state index in [0.29, 0.717) is 28.8 Å². The Labute approximate surface area is 235 Å². The van der Waals surface area contributed by atoms with Crippen molar-refractivity contribution in [3.05, 3.63) is 82.9 Å². The Bertz CT molecular complexity index is 1430. The van der Waals surface area contributed by atoms with Gasteiger partial charge in [-0.05, 0) is 55.2 Å². The number of carbonyl (C=O) groups is 1. The number of nitrogens with zero attached hydrogens (tertiary/aromatic N) is 2. The number of fused-ring (bicyclic) bond motifs is 3. The minimum Gasteiger partial charge on any atom is -0.495 e. The molecule has 1 amide bonds. The van der Waals surface area contributed by atoms with Crippen molar-refractivity contribution in [1.82, 2.24) is 0 Å². The van der Waals surface area contributed by atoms with Crippen molar-refractivity contribution in [3.63, 3.8) is 0 Å². The van der Waals surface area contributed by atoms with E-state index in [9.17, 15) is 4.79 Å². The number of benzene rings is 3. The molecular formula is C32H35N3O5. The third-order valence-corrected chi connectivity index (χ3v) is 7.59. The van der Waals surface area contributed by atoms with E-state index < -0.39 is 0 Å². The maximum atomic E-state index is 12.3. The number of carbonyl (C=O) groups excluding carboxylic acids is 1. The summed E-state index contributed by atoms with van der Waals surface area (Å²) >= 11 is 0. The van der Waals surface area contributed by atoms with Gasteiger partial charge >= 0.3 is 0 Å². The van der Waals surface area contributed by atoms with Gasteiger partial charge in [0.2, 0.25) is 0 Å². The molecule has 0 spiro atoms. The minimum absolute atomic E-state index is 0.213. The molecule has 8 heteroatoms. The van der Waals surface area contributed by atoms with Gasteiger partial charge in [-0.1, -0.05) is 54.4 Å². The Morgan fingerprint density at radius 3 is 2.38 bits per heavy atom. The van der Waals surface area contributed by atoms with Gasteiger partial charge in [-0.15, -0.1) is 0 Å². The molecule has 0 saturated heterocycles. The molecule has 3 aromatic rings. The number of ether oxygens (including phenoxy) is 3. The molecule has 2 atom stereocenters. The maximum Gasteiger partial charge on any atom is 0.265 e. The highest BCUT2D eigenvalue weighted by Gasteiger charge is 2.34. The lowest BCUT2D eigenvalue weighted by Gasteiger charge is -2.35. The molecule has 1 aliphatic carbocycles. The van der Waals surface area contributed by atoms with E-state index >= 15 is 0 Å². The number of hydrogen-bond donors (Lipinski definition) is 1. The summed E-state index contributed by atoms with van der Waals surface area (Å²) in [4.78, 5) is 22.9. The van der Waals surface area contributed by atoms with E-state index in [2.05, 4.69) is 34.7 Å². The second-order valence-electron chi connectivity index (χ2n) is 10.0. The Balaban J connectivity index is 1.31. The van der Waals surface area contributed by atoms with Crippen molar-refractivity contribution in [2.75, 3.05) is 33.3 Å². The number of methoxy groups -OCH3 is 3. The Hall–Kier alpha value is -4.33. The zero-order chi connectivity index (χ0) is 28.1. The molecule has 1 fully saturated rings. The highest BCUT2D eigenvalue weighted by atomic mass is 16.6. The van der Waals surface area contributed by atoms with Crippen LogP contribution in [0.5, 0.6) is 17.2 Å². The molecule has 3 aromatic carbocycles. The number of oxime groups is 1. The lowest BCUT2D eigenvalue weighted by atomic mass is 9.75. The SMILES string of the molecule is COc1ccccc1NC(=O)CON=C(C)c1ccc(C2=N[C@@H]3CCCC[C@@H]3c3cc(OC)c(OC)cc32)cc1. The number of rotatable bonds is 9. The van der Waals surface area contributed by atoms with Gasteiger partial charge in [0.15, 0.2) is 18.1 Å². The number of amides is 1. The minimum atomic E-state index is -0.321. The molecule has 1 heterocycles. The van der Waals surface area contributed by atoms with Crippen LogP contribution in [0, 0.1) is 0 Å². The summed E-state index contributed by atoms with van der Waals surface area (Å²) in [5.74, 6) is 2.12. The summed E-state index contributed by atoms with van der Waals surface area (Å²) in [6.45, 7) is 1.64. The Morgan fingerprint density at radius 2 is 1.62 bits per heavy atom. The van der Waals surface area contributed by atoms with Crippen LogP contribution in [0.1, 0.15) is 60.8 Å². The van der Waals surface area contributed by atoms with Crippen LogP contribution in [-0.4, -0.2) is 51.3 Å². The summed E-state index contributed by atoms with van der Waals surface area (Å²) < 4.78 is 16.5. The van der Waals surface area contributed by atoms with Crippen molar-refractivity contribution < 1.29 is 23.8 Å². The Kier molecular flexibility index (Phi) is 8.34. The van der Waals surface area contributed by atoms with Crippen LogP contribution < -0.4 is 19.5 Å². The van der Waals surface area contributed by atoms with Crippen molar-refractivity contribution in [2.45, 2.75) is 44.6 Å². The summed E-state index contributed by atoms with van der Waals surface area (Å²) in [5.41, 5.74) is 6.54. The number of aliphatic imine (C=N–C) groups is 1. The van der Waals surface area contributed by atoms with Crippen LogP contribution in [0.25, 0.3) is 0 Å². The van der Waals surface area contributed by atoms with E-state index in [0.717, 1.165) is 41.0 Å². The van der Waals surface area contributed by atoms with Gasteiger partial charge in [0.05, 0.1) is 44.5 Å². The van der Waals surface area contributed by atoms with Crippen molar-refractivity contribution in [3.8, 4) is 17.2 Å². The fraction of sp³-hybridized carbons (Fsp3) is 0.344. The van der Waals surface area contributed by atoms with E-state index in [-0.39, 0.29) is 18.6 Å². The van der Waals surface area contributed by atoms with Gasteiger partial charge in [0.25, 0.3) is 5.91 Å². The van der Waals surface area contributed by atoms with Gasteiger partial charge in [0, 0.05) is 17.0 Å². The van der Waals surface area contributed by atoms with Gasteiger partial charge in [0.1, 0.15) is 5.75 Å². The van der Waals surface area contributed by atoms with E-state index in [1.54, 1.807) is 33.5 Å². The molecule has 0 aromatic heterocycles. The third-order valence-electron chi connectivity index (χ3n) is 7.59. The van der Waals surface area contributed by atoms with Crippen LogP contribution in [0.4, 0.5) is 5.69 Å². The number of para-hydroxylation sites is 2. The van der Waals surface area contributed by atoms with Crippen LogP contribution >= 0.6 is 0 Å². The first-order valence-corrected chi connectivity index (χ1v) is 13.6. The quantitative estimate of drug-likeness (QED) is 0.266.